The third kappa shape index (κ3) is 5.98. The standard InChI is InChI=1S/C14H18BrNO3/c1-3-19-14(18)8-12(17)10-16(2)9-11-6-4-5-7-13(11)15/h4-7H,3,8-10H2,1-2H3. The molecule has 19 heavy (non-hydrogen) atoms. The van der Waals surface area contributed by atoms with Gasteiger partial charge >= 0.3 is 5.97 Å². The summed E-state index contributed by atoms with van der Waals surface area (Å²) >= 11 is 3.47. The normalized spacial score (nSPS) is 10.5. The molecule has 0 spiro atoms. The van der Waals surface area contributed by atoms with Crippen molar-refractivity contribution < 1.29 is 14.3 Å². The van der Waals surface area contributed by atoms with Crippen LogP contribution in [-0.4, -0.2) is 36.9 Å². The molecule has 1 aromatic rings. The van der Waals surface area contributed by atoms with Crippen molar-refractivity contribution in [3.8, 4) is 0 Å². The van der Waals surface area contributed by atoms with E-state index in [-0.39, 0.29) is 18.7 Å². The monoisotopic (exact) mass is 327 g/mol. The summed E-state index contributed by atoms with van der Waals surface area (Å²) in [5.74, 6) is -0.588. The summed E-state index contributed by atoms with van der Waals surface area (Å²) in [5.41, 5.74) is 1.11. The summed E-state index contributed by atoms with van der Waals surface area (Å²) in [6.45, 7) is 2.91. The Labute approximate surface area is 121 Å². The largest absolute Gasteiger partial charge is 0.466 e. The summed E-state index contributed by atoms with van der Waals surface area (Å²) in [6, 6.07) is 7.86. The van der Waals surface area contributed by atoms with Gasteiger partial charge in [0.15, 0.2) is 5.78 Å². The lowest BCUT2D eigenvalue weighted by Crippen LogP contribution is -2.27. The molecule has 0 saturated carbocycles. The van der Waals surface area contributed by atoms with Crippen LogP contribution in [0.1, 0.15) is 18.9 Å². The van der Waals surface area contributed by atoms with Gasteiger partial charge in [-0.1, -0.05) is 34.1 Å². The van der Waals surface area contributed by atoms with Crippen molar-refractivity contribution in [3.63, 3.8) is 0 Å². The number of likely N-dealkylation sites (N-methyl/N-ethyl adjacent to an activating group) is 1. The average molecular weight is 328 g/mol. The summed E-state index contributed by atoms with van der Waals surface area (Å²) < 4.78 is 5.76. The average Bonchev–Trinajstić information content (AvgIpc) is 2.31. The van der Waals surface area contributed by atoms with Crippen LogP contribution >= 0.6 is 15.9 Å². The molecular formula is C14H18BrNO3. The maximum Gasteiger partial charge on any atom is 0.313 e. The predicted molar refractivity (Wildman–Crippen MR) is 76.7 cm³/mol. The predicted octanol–water partition coefficient (Wildman–Crippen LogP) is 2.40. The van der Waals surface area contributed by atoms with Gasteiger partial charge in [-0.05, 0) is 25.6 Å². The van der Waals surface area contributed by atoms with Crippen LogP contribution in [-0.2, 0) is 20.9 Å². The van der Waals surface area contributed by atoms with Gasteiger partial charge in [-0.3, -0.25) is 14.5 Å². The van der Waals surface area contributed by atoms with Crippen molar-refractivity contribution in [1.29, 1.82) is 0 Å². The quantitative estimate of drug-likeness (QED) is 0.570. The van der Waals surface area contributed by atoms with Gasteiger partial charge in [0.1, 0.15) is 6.42 Å². The summed E-state index contributed by atoms with van der Waals surface area (Å²) in [7, 11) is 1.85. The number of nitrogens with zero attached hydrogens (tertiary/aromatic N) is 1. The van der Waals surface area contributed by atoms with Crippen LogP contribution in [0.15, 0.2) is 28.7 Å². The number of halogens is 1. The molecule has 0 radical (unpaired) electrons. The van der Waals surface area contributed by atoms with Gasteiger partial charge in [-0.15, -0.1) is 0 Å². The van der Waals surface area contributed by atoms with E-state index in [9.17, 15) is 9.59 Å². The van der Waals surface area contributed by atoms with E-state index in [0.717, 1.165) is 10.0 Å². The van der Waals surface area contributed by atoms with Crippen molar-refractivity contribution in [3.05, 3.63) is 34.3 Å². The van der Waals surface area contributed by atoms with Gasteiger partial charge in [-0.2, -0.15) is 0 Å². The summed E-state index contributed by atoms with van der Waals surface area (Å²) in [6.07, 6.45) is -0.159. The maximum absolute atomic E-state index is 11.7. The zero-order chi connectivity index (χ0) is 14.3. The van der Waals surface area contributed by atoms with E-state index in [1.807, 2.05) is 36.2 Å². The SMILES string of the molecule is CCOC(=O)CC(=O)CN(C)Cc1ccccc1Br. The van der Waals surface area contributed by atoms with Crippen molar-refractivity contribution in [1.82, 2.24) is 4.90 Å². The zero-order valence-electron chi connectivity index (χ0n) is 11.2. The molecule has 0 atom stereocenters. The van der Waals surface area contributed by atoms with Crippen LogP contribution in [0, 0.1) is 0 Å². The Bertz CT molecular complexity index is 448. The van der Waals surface area contributed by atoms with Gasteiger partial charge in [0.25, 0.3) is 0 Å². The van der Waals surface area contributed by atoms with Crippen molar-refractivity contribution in [2.75, 3.05) is 20.2 Å². The zero-order valence-corrected chi connectivity index (χ0v) is 12.8. The Morgan fingerprint density at radius 1 is 1.32 bits per heavy atom. The van der Waals surface area contributed by atoms with Crippen molar-refractivity contribution in [2.24, 2.45) is 0 Å². The molecule has 0 unspecified atom stereocenters. The number of carbonyl (C=O) groups is 2. The molecule has 1 aromatic carbocycles. The number of ether oxygens (including phenoxy) is 1. The molecule has 1 rings (SSSR count). The minimum atomic E-state index is -0.457. The van der Waals surface area contributed by atoms with Crippen LogP contribution in [0.5, 0.6) is 0 Å². The van der Waals surface area contributed by atoms with Crippen molar-refractivity contribution >= 4 is 27.7 Å². The fourth-order valence-corrected chi connectivity index (χ4v) is 2.11. The molecule has 0 aromatic heterocycles. The first-order valence-corrected chi connectivity index (χ1v) is 6.91. The lowest BCUT2D eigenvalue weighted by Gasteiger charge is -2.16. The highest BCUT2D eigenvalue weighted by Crippen LogP contribution is 2.17. The first kappa shape index (κ1) is 15.9. The smallest absolute Gasteiger partial charge is 0.313 e. The van der Waals surface area contributed by atoms with E-state index in [4.69, 9.17) is 4.74 Å². The Hall–Kier alpha value is -1.20. The molecule has 5 heteroatoms. The topological polar surface area (TPSA) is 46.6 Å². The number of esters is 1. The van der Waals surface area contributed by atoms with Crippen LogP contribution in [0.3, 0.4) is 0 Å². The number of hydrogen-bond acceptors (Lipinski definition) is 4. The third-order valence-electron chi connectivity index (χ3n) is 2.49. The lowest BCUT2D eigenvalue weighted by molar-refractivity contribution is -0.145. The molecule has 0 bridgehead atoms. The van der Waals surface area contributed by atoms with Gasteiger partial charge in [-0.25, -0.2) is 0 Å². The fraction of sp³-hybridized carbons (Fsp3) is 0.429. The van der Waals surface area contributed by atoms with E-state index < -0.39 is 5.97 Å². The van der Waals surface area contributed by atoms with Gasteiger partial charge < -0.3 is 4.74 Å². The van der Waals surface area contributed by atoms with Gasteiger partial charge in [0.05, 0.1) is 13.2 Å². The second-order valence-electron chi connectivity index (χ2n) is 4.28. The number of rotatable bonds is 7. The first-order valence-electron chi connectivity index (χ1n) is 6.12. The molecule has 0 amide bonds. The lowest BCUT2D eigenvalue weighted by atomic mass is 10.2. The number of benzene rings is 1. The van der Waals surface area contributed by atoms with Gasteiger partial charge in [0, 0.05) is 11.0 Å². The second-order valence-corrected chi connectivity index (χ2v) is 5.14. The summed E-state index contributed by atoms with van der Waals surface area (Å²) in [4.78, 5) is 24.7. The van der Waals surface area contributed by atoms with Crippen LogP contribution in [0.2, 0.25) is 0 Å². The molecule has 0 aliphatic rings. The molecule has 4 nitrogen and oxygen atoms in total. The molecule has 0 aliphatic heterocycles. The number of ketones is 1. The summed E-state index contributed by atoms with van der Waals surface area (Å²) in [5, 5.41) is 0. The van der Waals surface area contributed by atoms with E-state index in [1.165, 1.54) is 0 Å². The van der Waals surface area contributed by atoms with E-state index in [2.05, 4.69) is 15.9 Å². The molecule has 0 heterocycles. The highest BCUT2D eigenvalue weighted by atomic mass is 79.9. The Morgan fingerprint density at radius 2 is 2.00 bits per heavy atom. The van der Waals surface area contributed by atoms with Gasteiger partial charge in [0.2, 0.25) is 0 Å². The highest BCUT2D eigenvalue weighted by molar-refractivity contribution is 9.10. The number of hydrogen-bond donors (Lipinski definition) is 0. The second kappa shape index (κ2) is 8.07. The van der Waals surface area contributed by atoms with Crippen LogP contribution in [0.25, 0.3) is 0 Å². The minimum absolute atomic E-state index is 0.131. The van der Waals surface area contributed by atoms with Crippen LogP contribution in [0.4, 0.5) is 0 Å². The van der Waals surface area contributed by atoms with Crippen molar-refractivity contribution in [2.45, 2.75) is 19.9 Å². The minimum Gasteiger partial charge on any atom is -0.466 e. The Kier molecular flexibility index (Phi) is 6.73. The number of Topliss-reactive ketones (excluding diaryl/α,β-unsaturated/α-hetero) is 1. The van der Waals surface area contributed by atoms with Crippen LogP contribution < -0.4 is 0 Å². The Balaban J connectivity index is 2.43. The molecule has 0 fully saturated rings. The molecule has 104 valence electrons. The first-order chi connectivity index (χ1) is 9.02. The molecule has 0 aliphatic carbocycles. The number of carbonyl (C=O) groups excluding carboxylic acids is 2. The van der Waals surface area contributed by atoms with E-state index in [1.54, 1.807) is 6.92 Å². The molecular weight excluding hydrogens is 310 g/mol. The highest BCUT2D eigenvalue weighted by Gasteiger charge is 2.13. The molecule has 0 saturated heterocycles. The van der Waals surface area contributed by atoms with E-state index in [0.29, 0.717) is 13.2 Å². The molecule has 0 N–H and O–H groups in total. The fourth-order valence-electron chi connectivity index (χ4n) is 1.70. The van der Waals surface area contributed by atoms with E-state index >= 15 is 0 Å². The Morgan fingerprint density at radius 3 is 2.63 bits per heavy atom. The third-order valence-corrected chi connectivity index (χ3v) is 3.26. The maximum atomic E-state index is 11.7.